The predicted molar refractivity (Wildman–Crippen MR) is 86.3 cm³/mol. The number of anilines is 1. The zero-order valence-corrected chi connectivity index (χ0v) is 14.2. The third-order valence-electron chi connectivity index (χ3n) is 3.52. The summed E-state index contributed by atoms with van der Waals surface area (Å²) in [5.74, 6) is 0.394. The third-order valence-corrected chi connectivity index (χ3v) is 4.55. The normalized spacial score (nSPS) is 16.5. The minimum atomic E-state index is -0.309. The molecule has 1 aliphatic rings. The molecule has 0 amide bonds. The van der Waals surface area contributed by atoms with Gasteiger partial charge in [0.15, 0.2) is 10.8 Å². The molecule has 0 atom stereocenters. The van der Waals surface area contributed by atoms with Gasteiger partial charge >= 0.3 is 5.97 Å². The van der Waals surface area contributed by atoms with Crippen molar-refractivity contribution in [2.24, 2.45) is 5.92 Å². The average Bonchev–Trinajstić information content (AvgIpc) is 2.81. The van der Waals surface area contributed by atoms with E-state index in [0.29, 0.717) is 18.2 Å². The summed E-state index contributed by atoms with van der Waals surface area (Å²) in [4.78, 5) is 22.0. The van der Waals surface area contributed by atoms with Crippen LogP contribution in [0.25, 0.3) is 0 Å². The van der Waals surface area contributed by atoms with Crippen molar-refractivity contribution in [3.63, 3.8) is 0 Å². The van der Waals surface area contributed by atoms with Gasteiger partial charge in [-0.15, -0.1) is 11.3 Å². The molecule has 0 unspecified atom stereocenters. The Bertz CT molecular complexity index is 479. The van der Waals surface area contributed by atoms with E-state index >= 15 is 0 Å². The van der Waals surface area contributed by atoms with Crippen LogP contribution in [0.3, 0.4) is 0 Å². The fourth-order valence-electron chi connectivity index (χ4n) is 2.54. The van der Waals surface area contributed by atoms with Gasteiger partial charge in [-0.2, -0.15) is 0 Å². The fourth-order valence-corrected chi connectivity index (χ4v) is 3.49. The number of rotatable bonds is 5. The molecule has 0 aliphatic carbocycles. The first-order valence-electron chi connectivity index (χ1n) is 7.63. The molecule has 0 aromatic carbocycles. The third kappa shape index (κ3) is 4.17. The molecule has 1 aliphatic heterocycles. The smallest absolute Gasteiger partial charge is 0.358 e. The second-order valence-corrected chi connectivity index (χ2v) is 6.98. The first-order chi connectivity index (χ1) is 10.0. The van der Waals surface area contributed by atoms with Gasteiger partial charge in [-0.25, -0.2) is 9.78 Å². The average molecular weight is 311 g/mol. The Kier molecular flexibility index (Phi) is 5.58. The van der Waals surface area contributed by atoms with Crippen LogP contribution in [-0.4, -0.2) is 55.2 Å². The van der Waals surface area contributed by atoms with Gasteiger partial charge in [-0.1, -0.05) is 13.8 Å². The molecule has 0 radical (unpaired) electrons. The molecule has 118 valence electrons. The molecule has 2 heterocycles. The number of aryl methyl sites for hydroxylation is 1. The van der Waals surface area contributed by atoms with Gasteiger partial charge in [0.05, 0.1) is 6.61 Å². The number of nitrogens with zero attached hydrogens (tertiary/aromatic N) is 3. The number of thiazole rings is 1. The lowest BCUT2D eigenvalue weighted by Crippen LogP contribution is -2.47. The first kappa shape index (κ1) is 16.2. The van der Waals surface area contributed by atoms with E-state index in [4.69, 9.17) is 4.74 Å². The zero-order valence-electron chi connectivity index (χ0n) is 13.4. The molecule has 5 nitrogen and oxygen atoms in total. The van der Waals surface area contributed by atoms with Crippen molar-refractivity contribution in [1.29, 1.82) is 0 Å². The van der Waals surface area contributed by atoms with E-state index in [1.807, 2.05) is 13.8 Å². The molecule has 1 saturated heterocycles. The number of piperazine rings is 1. The van der Waals surface area contributed by atoms with Gasteiger partial charge in [0.25, 0.3) is 0 Å². The summed E-state index contributed by atoms with van der Waals surface area (Å²) in [5.41, 5.74) is 0.474. The van der Waals surface area contributed by atoms with Crippen LogP contribution in [0, 0.1) is 12.8 Å². The maximum absolute atomic E-state index is 11.8. The van der Waals surface area contributed by atoms with Crippen LogP contribution in [0.15, 0.2) is 0 Å². The number of carbonyl (C=O) groups excluding carboxylic acids is 1. The monoisotopic (exact) mass is 311 g/mol. The summed E-state index contributed by atoms with van der Waals surface area (Å²) in [5, 5.41) is 0.944. The van der Waals surface area contributed by atoms with Crippen LogP contribution in [0.5, 0.6) is 0 Å². The van der Waals surface area contributed by atoms with Crippen LogP contribution in [-0.2, 0) is 4.74 Å². The summed E-state index contributed by atoms with van der Waals surface area (Å²) in [6.45, 7) is 13.9. The van der Waals surface area contributed by atoms with E-state index < -0.39 is 0 Å². The Labute approximate surface area is 130 Å². The maximum Gasteiger partial charge on any atom is 0.358 e. The summed E-state index contributed by atoms with van der Waals surface area (Å²) in [7, 11) is 0. The highest BCUT2D eigenvalue weighted by Gasteiger charge is 2.23. The lowest BCUT2D eigenvalue weighted by atomic mass is 10.2. The number of hydrogen-bond donors (Lipinski definition) is 0. The topological polar surface area (TPSA) is 45.7 Å². The second kappa shape index (κ2) is 7.22. The van der Waals surface area contributed by atoms with Crippen LogP contribution >= 0.6 is 11.3 Å². The Morgan fingerprint density at radius 2 is 2.00 bits per heavy atom. The maximum atomic E-state index is 11.8. The lowest BCUT2D eigenvalue weighted by molar-refractivity contribution is 0.0519. The second-order valence-electron chi connectivity index (χ2n) is 5.80. The summed E-state index contributed by atoms with van der Waals surface area (Å²) in [6, 6.07) is 0. The summed E-state index contributed by atoms with van der Waals surface area (Å²) in [6.07, 6.45) is 0. The van der Waals surface area contributed by atoms with E-state index in [1.165, 1.54) is 0 Å². The van der Waals surface area contributed by atoms with Crippen molar-refractivity contribution in [1.82, 2.24) is 9.88 Å². The van der Waals surface area contributed by atoms with Crippen molar-refractivity contribution in [2.45, 2.75) is 27.7 Å². The number of hydrogen-bond acceptors (Lipinski definition) is 6. The minimum absolute atomic E-state index is 0.309. The van der Waals surface area contributed by atoms with Gasteiger partial charge in [-0.05, 0) is 19.8 Å². The Hall–Kier alpha value is -1.14. The summed E-state index contributed by atoms with van der Waals surface area (Å²) < 4.78 is 5.05. The Morgan fingerprint density at radius 1 is 1.33 bits per heavy atom. The van der Waals surface area contributed by atoms with Gasteiger partial charge < -0.3 is 9.64 Å². The van der Waals surface area contributed by atoms with E-state index in [1.54, 1.807) is 11.3 Å². The molecule has 1 aromatic rings. The molecular formula is C15H25N3O2S. The molecule has 21 heavy (non-hydrogen) atoms. The highest BCUT2D eigenvalue weighted by molar-refractivity contribution is 7.15. The highest BCUT2D eigenvalue weighted by Crippen LogP contribution is 2.27. The number of carbonyl (C=O) groups is 1. The highest BCUT2D eigenvalue weighted by atomic mass is 32.1. The minimum Gasteiger partial charge on any atom is -0.461 e. The molecular weight excluding hydrogens is 286 g/mol. The van der Waals surface area contributed by atoms with Crippen LogP contribution in [0.1, 0.15) is 36.1 Å². The van der Waals surface area contributed by atoms with Crippen molar-refractivity contribution in [2.75, 3.05) is 44.2 Å². The molecule has 0 bridgehead atoms. The Balaban J connectivity index is 1.98. The molecule has 0 spiro atoms. The lowest BCUT2D eigenvalue weighted by Gasteiger charge is -2.35. The molecule has 2 rings (SSSR count). The summed E-state index contributed by atoms with van der Waals surface area (Å²) >= 11 is 1.59. The van der Waals surface area contributed by atoms with Gasteiger partial charge in [0.1, 0.15) is 0 Å². The van der Waals surface area contributed by atoms with Gasteiger partial charge in [0, 0.05) is 37.6 Å². The van der Waals surface area contributed by atoms with Crippen molar-refractivity contribution in [3.05, 3.63) is 10.6 Å². The molecule has 0 saturated carbocycles. The van der Waals surface area contributed by atoms with E-state index in [0.717, 1.165) is 42.7 Å². The SMILES string of the molecule is CCOC(=O)c1nc(N2CCN(CC(C)C)CC2)sc1C. The van der Waals surface area contributed by atoms with Crippen molar-refractivity contribution < 1.29 is 9.53 Å². The van der Waals surface area contributed by atoms with Crippen LogP contribution < -0.4 is 4.90 Å². The van der Waals surface area contributed by atoms with Crippen LogP contribution in [0.2, 0.25) is 0 Å². The molecule has 0 N–H and O–H groups in total. The van der Waals surface area contributed by atoms with E-state index in [9.17, 15) is 4.79 Å². The van der Waals surface area contributed by atoms with Gasteiger partial charge in [-0.3, -0.25) is 4.90 Å². The van der Waals surface area contributed by atoms with E-state index in [-0.39, 0.29) is 5.97 Å². The van der Waals surface area contributed by atoms with Crippen molar-refractivity contribution in [3.8, 4) is 0 Å². The number of ether oxygens (including phenoxy) is 1. The molecule has 1 aromatic heterocycles. The van der Waals surface area contributed by atoms with Crippen molar-refractivity contribution >= 4 is 22.4 Å². The van der Waals surface area contributed by atoms with E-state index in [2.05, 4.69) is 28.6 Å². The fraction of sp³-hybridized carbons (Fsp3) is 0.733. The number of esters is 1. The molecule has 6 heteroatoms. The zero-order chi connectivity index (χ0) is 15.4. The standard InChI is InChI=1S/C15H25N3O2S/c1-5-20-14(19)13-12(4)21-15(16-13)18-8-6-17(7-9-18)10-11(2)3/h11H,5-10H2,1-4H3. The quantitative estimate of drug-likeness (QED) is 0.781. The predicted octanol–water partition coefficient (Wildman–Crippen LogP) is 2.41. The largest absolute Gasteiger partial charge is 0.461 e. The first-order valence-corrected chi connectivity index (χ1v) is 8.44. The Morgan fingerprint density at radius 3 is 2.57 bits per heavy atom. The number of aromatic nitrogens is 1. The van der Waals surface area contributed by atoms with Crippen LogP contribution in [0.4, 0.5) is 5.13 Å². The van der Waals surface area contributed by atoms with Gasteiger partial charge in [0.2, 0.25) is 0 Å². The molecule has 1 fully saturated rings.